The molecule has 24 heavy (non-hydrogen) atoms. The minimum Gasteiger partial charge on any atom is -0.423 e. The Hall–Kier alpha value is -3.34. The van der Waals surface area contributed by atoms with E-state index in [9.17, 15) is 13.2 Å². The van der Waals surface area contributed by atoms with E-state index in [4.69, 9.17) is 9.68 Å². The maximum atomic E-state index is 12.6. The van der Waals surface area contributed by atoms with Crippen LogP contribution in [0.4, 0.5) is 24.9 Å². The maximum Gasteiger partial charge on any atom is 0.416 e. The van der Waals surface area contributed by atoms with E-state index in [0.717, 1.165) is 12.1 Å². The van der Waals surface area contributed by atoms with Crippen LogP contribution in [0.1, 0.15) is 11.3 Å². The Morgan fingerprint density at radius 1 is 1.00 bits per heavy atom. The number of hydrogen-bond acceptors (Lipinski definition) is 5. The van der Waals surface area contributed by atoms with Crippen LogP contribution in [-0.4, -0.2) is 9.97 Å². The minimum absolute atomic E-state index is 0.163. The molecule has 120 valence electrons. The summed E-state index contributed by atoms with van der Waals surface area (Å²) in [5.41, 5.74) is 0.586. The summed E-state index contributed by atoms with van der Waals surface area (Å²) in [7, 11) is 0. The monoisotopic (exact) mass is 330 g/mol. The second-order valence-electron chi connectivity index (χ2n) is 4.77. The molecular formula is C16H9F3N4O. The molecule has 0 saturated heterocycles. The lowest BCUT2D eigenvalue weighted by Gasteiger charge is -2.06. The molecule has 0 aliphatic rings. The number of aromatic nitrogens is 2. The predicted molar refractivity (Wildman–Crippen MR) is 79.2 cm³/mol. The van der Waals surface area contributed by atoms with Gasteiger partial charge in [-0.3, -0.25) is 0 Å². The third kappa shape index (κ3) is 3.35. The molecule has 2 aromatic heterocycles. The van der Waals surface area contributed by atoms with Gasteiger partial charge in [-0.1, -0.05) is 12.1 Å². The largest absolute Gasteiger partial charge is 0.423 e. The third-order valence-electron chi connectivity index (χ3n) is 3.13. The SMILES string of the molecule is N#Cc1ccc(Nc2ncc(-c3ccc(C(F)(F)F)cc3)o2)cn1. The molecule has 0 spiro atoms. The van der Waals surface area contributed by atoms with Gasteiger partial charge >= 0.3 is 6.18 Å². The van der Waals surface area contributed by atoms with E-state index >= 15 is 0 Å². The lowest BCUT2D eigenvalue weighted by Crippen LogP contribution is -2.03. The van der Waals surface area contributed by atoms with Gasteiger partial charge in [-0.2, -0.15) is 18.4 Å². The van der Waals surface area contributed by atoms with Gasteiger partial charge in [0.15, 0.2) is 5.76 Å². The molecule has 0 fully saturated rings. The predicted octanol–water partition coefficient (Wildman–Crippen LogP) is 4.37. The normalized spacial score (nSPS) is 11.1. The molecule has 5 nitrogen and oxygen atoms in total. The number of rotatable bonds is 3. The topological polar surface area (TPSA) is 74.7 Å². The van der Waals surface area contributed by atoms with E-state index in [2.05, 4.69) is 15.3 Å². The first-order valence-corrected chi connectivity index (χ1v) is 6.72. The highest BCUT2D eigenvalue weighted by atomic mass is 19.4. The summed E-state index contributed by atoms with van der Waals surface area (Å²) in [5.74, 6) is 0.327. The molecule has 1 aromatic carbocycles. The van der Waals surface area contributed by atoms with Gasteiger partial charge in [-0.15, -0.1) is 0 Å². The van der Waals surface area contributed by atoms with Gasteiger partial charge in [0.25, 0.3) is 6.01 Å². The fourth-order valence-corrected chi connectivity index (χ4v) is 1.95. The van der Waals surface area contributed by atoms with Gasteiger partial charge in [0.1, 0.15) is 11.8 Å². The van der Waals surface area contributed by atoms with Crippen LogP contribution >= 0.6 is 0 Å². The molecule has 0 aliphatic heterocycles. The van der Waals surface area contributed by atoms with Crippen molar-refractivity contribution in [2.45, 2.75) is 6.18 Å². The molecule has 8 heteroatoms. The number of nitriles is 1. The summed E-state index contributed by atoms with van der Waals surface area (Å²) >= 11 is 0. The Morgan fingerprint density at radius 2 is 1.75 bits per heavy atom. The Labute approximate surface area is 134 Å². The van der Waals surface area contributed by atoms with Crippen molar-refractivity contribution in [1.29, 1.82) is 5.26 Å². The summed E-state index contributed by atoms with van der Waals surface area (Å²) in [4.78, 5) is 7.90. The van der Waals surface area contributed by atoms with Gasteiger partial charge in [-0.05, 0) is 24.3 Å². The van der Waals surface area contributed by atoms with Gasteiger partial charge in [0.05, 0.1) is 23.6 Å². The summed E-state index contributed by atoms with van der Waals surface area (Å²) < 4.78 is 43.1. The molecule has 3 aromatic rings. The molecule has 0 atom stereocenters. The van der Waals surface area contributed by atoms with E-state index in [1.54, 1.807) is 6.07 Å². The van der Waals surface area contributed by atoms with Crippen molar-refractivity contribution >= 4 is 11.7 Å². The van der Waals surface area contributed by atoms with Crippen molar-refractivity contribution in [2.75, 3.05) is 5.32 Å². The number of benzene rings is 1. The van der Waals surface area contributed by atoms with Gasteiger partial charge in [0.2, 0.25) is 0 Å². The molecule has 0 bridgehead atoms. The van der Waals surface area contributed by atoms with E-state index < -0.39 is 11.7 Å². The van der Waals surface area contributed by atoms with E-state index in [1.165, 1.54) is 30.6 Å². The molecule has 0 unspecified atom stereocenters. The van der Waals surface area contributed by atoms with Crippen LogP contribution in [0, 0.1) is 11.3 Å². The highest BCUT2D eigenvalue weighted by molar-refractivity contribution is 5.60. The van der Waals surface area contributed by atoms with Gasteiger partial charge < -0.3 is 9.73 Å². The average molecular weight is 330 g/mol. The second kappa shape index (κ2) is 6.04. The number of nitrogens with zero attached hydrogens (tertiary/aromatic N) is 3. The molecular weight excluding hydrogens is 321 g/mol. The highest BCUT2D eigenvalue weighted by Gasteiger charge is 2.30. The standard InChI is InChI=1S/C16H9F3N4O/c17-16(18,19)11-3-1-10(2-4-11)14-9-22-15(24-14)23-13-6-5-12(7-20)21-8-13/h1-6,8-9H,(H,22,23). The zero-order valence-electron chi connectivity index (χ0n) is 12.0. The zero-order valence-corrected chi connectivity index (χ0v) is 12.0. The van der Waals surface area contributed by atoms with Crippen molar-refractivity contribution in [2.24, 2.45) is 0 Å². The lowest BCUT2D eigenvalue weighted by atomic mass is 10.1. The summed E-state index contributed by atoms with van der Waals surface area (Å²) in [6.07, 6.45) is -1.53. The molecule has 0 aliphatic carbocycles. The number of hydrogen-bond donors (Lipinski definition) is 1. The highest BCUT2D eigenvalue weighted by Crippen LogP contribution is 2.31. The fraction of sp³-hybridized carbons (Fsp3) is 0.0625. The van der Waals surface area contributed by atoms with Crippen molar-refractivity contribution in [3.8, 4) is 17.4 Å². The number of pyridine rings is 1. The van der Waals surface area contributed by atoms with Crippen LogP contribution in [0.5, 0.6) is 0 Å². The van der Waals surface area contributed by atoms with Crippen molar-refractivity contribution in [3.05, 3.63) is 60.0 Å². The number of anilines is 2. The number of halogens is 3. The average Bonchev–Trinajstić information content (AvgIpc) is 3.03. The van der Waals surface area contributed by atoms with Crippen molar-refractivity contribution < 1.29 is 17.6 Å². The first-order valence-electron chi connectivity index (χ1n) is 6.72. The fourth-order valence-electron chi connectivity index (χ4n) is 1.95. The van der Waals surface area contributed by atoms with Crippen LogP contribution in [0.2, 0.25) is 0 Å². The molecule has 0 amide bonds. The van der Waals surface area contributed by atoms with E-state index in [1.807, 2.05) is 6.07 Å². The minimum atomic E-state index is -4.38. The first kappa shape index (κ1) is 15.6. The Kier molecular flexibility index (Phi) is 3.92. The Balaban J connectivity index is 1.76. The lowest BCUT2D eigenvalue weighted by molar-refractivity contribution is -0.137. The van der Waals surface area contributed by atoms with Crippen LogP contribution in [0.3, 0.4) is 0 Å². The van der Waals surface area contributed by atoms with Crippen LogP contribution in [0.15, 0.2) is 53.2 Å². The zero-order chi connectivity index (χ0) is 17.2. The summed E-state index contributed by atoms with van der Waals surface area (Å²) in [6, 6.07) is 9.82. The Morgan fingerprint density at radius 3 is 2.33 bits per heavy atom. The number of alkyl halides is 3. The quantitative estimate of drug-likeness (QED) is 0.772. The summed E-state index contributed by atoms with van der Waals surface area (Å²) in [6.45, 7) is 0. The third-order valence-corrected chi connectivity index (χ3v) is 3.13. The van der Waals surface area contributed by atoms with Crippen molar-refractivity contribution in [3.63, 3.8) is 0 Å². The van der Waals surface area contributed by atoms with Crippen LogP contribution < -0.4 is 5.32 Å². The maximum absolute atomic E-state index is 12.6. The van der Waals surface area contributed by atoms with Crippen LogP contribution in [-0.2, 0) is 6.18 Å². The van der Waals surface area contributed by atoms with Crippen molar-refractivity contribution in [1.82, 2.24) is 9.97 Å². The second-order valence-corrected chi connectivity index (χ2v) is 4.77. The Bertz CT molecular complexity index is 877. The molecule has 3 rings (SSSR count). The summed E-state index contributed by atoms with van der Waals surface area (Å²) in [5, 5.41) is 11.5. The smallest absolute Gasteiger partial charge is 0.416 e. The first-order chi connectivity index (χ1) is 11.5. The number of oxazole rings is 1. The molecule has 1 N–H and O–H groups in total. The van der Waals surface area contributed by atoms with Gasteiger partial charge in [-0.25, -0.2) is 9.97 Å². The van der Waals surface area contributed by atoms with Gasteiger partial charge in [0, 0.05) is 5.56 Å². The molecule has 0 radical (unpaired) electrons. The van der Waals surface area contributed by atoms with E-state index in [-0.39, 0.29) is 11.7 Å². The number of nitrogens with one attached hydrogen (secondary N) is 1. The van der Waals surface area contributed by atoms with E-state index in [0.29, 0.717) is 17.0 Å². The van der Waals surface area contributed by atoms with Crippen LogP contribution in [0.25, 0.3) is 11.3 Å². The molecule has 0 saturated carbocycles. The molecule has 2 heterocycles.